The fourth-order valence-corrected chi connectivity index (χ4v) is 0.260. The SMILES string of the molecule is NC(=O)C(N)CCF. The van der Waals surface area contributed by atoms with Crippen molar-refractivity contribution in [1.29, 1.82) is 0 Å². The highest BCUT2D eigenvalue weighted by Crippen LogP contribution is 1.85. The molecule has 0 aliphatic rings. The average molecular weight is 120 g/mol. The first kappa shape index (κ1) is 7.36. The molecular formula is C4H9FN2O. The van der Waals surface area contributed by atoms with Crippen LogP contribution >= 0.6 is 0 Å². The quantitative estimate of drug-likeness (QED) is 0.509. The topological polar surface area (TPSA) is 69.1 Å². The van der Waals surface area contributed by atoms with Crippen molar-refractivity contribution in [2.75, 3.05) is 6.67 Å². The van der Waals surface area contributed by atoms with Crippen LogP contribution in [0.25, 0.3) is 0 Å². The van der Waals surface area contributed by atoms with Crippen LogP contribution in [0.3, 0.4) is 0 Å². The van der Waals surface area contributed by atoms with E-state index in [9.17, 15) is 9.18 Å². The lowest BCUT2D eigenvalue weighted by molar-refractivity contribution is -0.119. The Morgan fingerprint density at radius 1 is 1.75 bits per heavy atom. The van der Waals surface area contributed by atoms with E-state index in [1.165, 1.54) is 0 Å². The van der Waals surface area contributed by atoms with Crippen molar-refractivity contribution in [3.8, 4) is 0 Å². The summed E-state index contributed by atoms with van der Waals surface area (Å²) in [4.78, 5) is 10.0. The normalized spacial score (nSPS) is 13.2. The largest absolute Gasteiger partial charge is 0.368 e. The van der Waals surface area contributed by atoms with E-state index in [0.717, 1.165) is 0 Å². The van der Waals surface area contributed by atoms with Crippen LogP contribution < -0.4 is 11.5 Å². The standard InChI is InChI=1S/C4H9FN2O/c5-2-1-3(6)4(7)8/h3H,1-2,6H2,(H2,7,8). The van der Waals surface area contributed by atoms with Gasteiger partial charge in [0.25, 0.3) is 0 Å². The van der Waals surface area contributed by atoms with Crippen molar-refractivity contribution in [2.24, 2.45) is 11.5 Å². The predicted octanol–water partition coefficient (Wildman–Crippen LogP) is -0.841. The summed E-state index contributed by atoms with van der Waals surface area (Å²) in [5.41, 5.74) is 9.70. The molecule has 0 saturated heterocycles. The van der Waals surface area contributed by atoms with Crippen LogP contribution in [0, 0.1) is 0 Å². The van der Waals surface area contributed by atoms with E-state index in [1.54, 1.807) is 0 Å². The average Bonchev–Trinajstić information content (AvgIpc) is 1.67. The Labute approximate surface area is 46.8 Å². The Morgan fingerprint density at radius 3 is 2.38 bits per heavy atom. The van der Waals surface area contributed by atoms with Gasteiger partial charge < -0.3 is 11.5 Å². The van der Waals surface area contributed by atoms with E-state index in [1.807, 2.05) is 0 Å². The van der Waals surface area contributed by atoms with E-state index >= 15 is 0 Å². The van der Waals surface area contributed by atoms with Crippen molar-refractivity contribution in [1.82, 2.24) is 0 Å². The number of primary amides is 1. The van der Waals surface area contributed by atoms with Gasteiger partial charge in [-0.2, -0.15) is 0 Å². The summed E-state index contributed by atoms with van der Waals surface area (Å²) in [5.74, 6) is -0.650. The lowest BCUT2D eigenvalue weighted by Crippen LogP contribution is -2.36. The molecule has 0 heterocycles. The maximum atomic E-state index is 11.3. The molecule has 0 aliphatic heterocycles. The molecule has 0 aliphatic carbocycles. The van der Waals surface area contributed by atoms with Gasteiger partial charge in [0.2, 0.25) is 5.91 Å². The van der Waals surface area contributed by atoms with Gasteiger partial charge in [-0.25, -0.2) is 0 Å². The first-order valence-corrected chi connectivity index (χ1v) is 2.29. The number of rotatable bonds is 3. The molecule has 0 rings (SSSR count). The molecule has 0 bridgehead atoms. The maximum absolute atomic E-state index is 11.3. The second-order valence-corrected chi connectivity index (χ2v) is 1.49. The molecule has 1 amide bonds. The van der Waals surface area contributed by atoms with Gasteiger partial charge in [0, 0.05) is 0 Å². The summed E-state index contributed by atoms with van der Waals surface area (Å²) < 4.78 is 11.3. The predicted molar refractivity (Wildman–Crippen MR) is 27.8 cm³/mol. The molecule has 48 valence electrons. The number of amides is 1. The lowest BCUT2D eigenvalue weighted by atomic mass is 10.2. The molecule has 0 aromatic rings. The van der Waals surface area contributed by atoms with Crippen LogP contribution in [0.1, 0.15) is 6.42 Å². The molecule has 0 radical (unpaired) electrons. The van der Waals surface area contributed by atoms with E-state index < -0.39 is 18.6 Å². The van der Waals surface area contributed by atoms with Gasteiger partial charge in [-0.3, -0.25) is 9.18 Å². The Hall–Kier alpha value is -0.640. The Morgan fingerprint density at radius 2 is 2.25 bits per heavy atom. The highest BCUT2D eigenvalue weighted by molar-refractivity contribution is 5.79. The van der Waals surface area contributed by atoms with Crippen LogP contribution in [-0.4, -0.2) is 18.6 Å². The van der Waals surface area contributed by atoms with E-state index in [0.29, 0.717) is 0 Å². The van der Waals surface area contributed by atoms with Gasteiger partial charge in [0.15, 0.2) is 0 Å². The minimum Gasteiger partial charge on any atom is -0.368 e. The fraction of sp³-hybridized carbons (Fsp3) is 0.750. The van der Waals surface area contributed by atoms with Crippen LogP contribution in [0.4, 0.5) is 4.39 Å². The van der Waals surface area contributed by atoms with E-state index in [-0.39, 0.29) is 6.42 Å². The molecule has 0 aromatic heterocycles. The summed E-state index contributed by atoms with van der Waals surface area (Å²) in [6.07, 6.45) is 0.0231. The molecular weight excluding hydrogens is 111 g/mol. The fourth-order valence-electron chi connectivity index (χ4n) is 0.260. The number of carbonyl (C=O) groups is 1. The second kappa shape index (κ2) is 3.37. The number of carbonyl (C=O) groups excluding carboxylic acids is 1. The maximum Gasteiger partial charge on any atom is 0.234 e. The molecule has 0 saturated carbocycles. The highest BCUT2D eigenvalue weighted by Gasteiger charge is 2.06. The van der Waals surface area contributed by atoms with Crippen LogP contribution in [0.15, 0.2) is 0 Å². The number of hydrogen-bond acceptors (Lipinski definition) is 2. The van der Waals surface area contributed by atoms with E-state index in [4.69, 9.17) is 11.5 Å². The van der Waals surface area contributed by atoms with Gasteiger partial charge in [0.05, 0.1) is 12.7 Å². The van der Waals surface area contributed by atoms with Crippen molar-refractivity contribution in [2.45, 2.75) is 12.5 Å². The van der Waals surface area contributed by atoms with Crippen molar-refractivity contribution in [3.05, 3.63) is 0 Å². The molecule has 0 spiro atoms. The third-order valence-electron chi connectivity index (χ3n) is 0.786. The number of halogens is 1. The molecule has 1 atom stereocenters. The highest BCUT2D eigenvalue weighted by atomic mass is 19.1. The van der Waals surface area contributed by atoms with Crippen LogP contribution in [0.2, 0.25) is 0 Å². The lowest BCUT2D eigenvalue weighted by Gasteiger charge is -2.00. The molecule has 4 heteroatoms. The van der Waals surface area contributed by atoms with Gasteiger partial charge in [-0.05, 0) is 6.42 Å². The van der Waals surface area contributed by atoms with Gasteiger partial charge in [-0.15, -0.1) is 0 Å². The first-order valence-electron chi connectivity index (χ1n) is 2.29. The third kappa shape index (κ3) is 2.52. The summed E-state index contributed by atoms with van der Waals surface area (Å²) in [6, 6.07) is -0.819. The molecule has 0 fully saturated rings. The Kier molecular flexibility index (Phi) is 3.10. The zero-order valence-corrected chi connectivity index (χ0v) is 4.43. The first-order chi connectivity index (χ1) is 3.68. The minimum atomic E-state index is -0.819. The van der Waals surface area contributed by atoms with Crippen molar-refractivity contribution < 1.29 is 9.18 Å². The molecule has 0 aromatic carbocycles. The molecule has 3 nitrogen and oxygen atoms in total. The van der Waals surface area contributed by atoms with E-state index in [2.05, 4.69) is 0 Å². The zero-order valence-electron chi connectivity index (χ0n) is 4.43. The minimum absolute atomic E-state index is 0.0231. The van der Waals surface area contributed by atoms with Gasteiger partial charge in [0.1, 0.15) is 0 Å². The monoisotopic (exact) mass is 120 g/mol. The second-order valence-electron chi connectivity index (χ2n) is 1.49. The van der Waals surface area contributed by atoms with Crippen molar-refractivity contribution >= 4 is 5.91 Å². The van der Waals surface area contributed by atoms with Crippen LogP contribution in [-0.2, 0) is 4.79 Å². The summed E-state index contributed by atoms with van der Waals surface area (Å²) in [7, 11) is 0. The molecule has 8 heavy (non-hydrogen) atoms. The summed E-state index contributed by atoms with van der Waals surface area (Å²) in [5, 5.41) is 0. The van der Waals surface area contributed by atoms with Crippen molar-refractivity contribution in [3.63, 3.8) is 0 Å². The number of alkyl halides is 1. The summed E-state index contributed by atoms with van der Waals surface area (Å²) in [6.45, 7) is -0.593. The third-order valence-corrected chi connectivity index (χ3v) is 0.786. The number of nitrogens with two attached hydrogens (primary N) is 2. The molecule has 4 N–H and O–H groups in total. The Balaban J connectivity index is 3.32. The van der Waals surface area contributed by atoms with Crippen LogP contribution in [0.5, 0.6) is 0 Å². The smallest absolute Gasteiger partial charge is 0.234 e. The summed E-state index contributed by atoms with van der Waals surface area (Å²) >= 11 is 0. The number of hydrogen-bond donors (Lipinski definition) is 2. The molecule has 1 unspecified atom stereocenters. The van der Waals surface area contributed by atoms with Gasteiger partial charge >= 0.3 is 0 Å². The zero-order chi connectivity index (χ0) is 6.57. The Bertz CT molecular complexity index is 86.1. The van der Waals surface area contributed by atoms with Gasteiger partial charge in [-0.1, -0.05) is 0 Å².